The monoisotopic (exact) mass is 273 g/mol. The molecular weight excluding hydrogens is 258 g/mol. The van der Waals surface area contributed by atoms with Crippen LogP contribution in [0, 0.1) is 0 Å². The number of sulfonamides is 1. The molecule has 0 saturated carbocycles. The molecule has 1 aliphatic heterocycles. The molecule has 1 aliphatic rings. The number of nitrogens with zero attached hydrogens (tertiary/aromatic N) is 1. The Balaban J connectivity index is 2.19. The summed E-state index contributed by atoms with van der Waals surface area (Å²) in [5.74, 6) is 0.239. The maximum Gasteiger partial charge on any atom is 0.242 e. The summed E-state index contributed by atoms with van der Waals surface area (Å²) < 4.78 is 36.5. The quantitative estimate of drug-likeness (QED) is 0.766. The number of nitrogens with one attached hydrogen (secondary N) is 1. The Labute approximate surface area is 105 Å². The molecule has 0 spiro atoms. The van der Waals surface area contributed by atoms with Gasteiger partial charge in [0.05, 0.1) is 37.7 Å². The smallest absolute Gasteiger partial charge is 0.242 e. The first-order valence-corrected chi connectivity index (χ1v) is 6.99. The van der Waals surface area contributed by atoms with Crippen molar-refractivity contribution in [1.82, 2.24) is 9.71 Å². The number of rotatable bonds is 5. The molecule has 7 nitrogen and oxygen atoms in total. The molecule has 18 heavy (non-hydrogen) atoms. The minimum Gasteiger partial charge on any atom is -0.477 e. The molecular formula is C10H15N3O4S. The van der Waals surface area contributed by atoms with Crippen molar-refractivity contribution in [3.63, 3.8) is 0 Å². The van der Waals surface area contributed by atoms with Gasteiger partial charge in [0.2, 0.25) is 15.9 Å². The van der Waals surface area contributed by atoms with Crippen molar-refractivity contribution < 1.29 is 17.9 Å². The van der Waals surface area contributed by atoms with Crippen LogP contribution in [0.5, 0.6) is 5.88 Å². The van der Waals surface area contributed by atoms with Gasteiger partial charge < -0.3 is 15.2 Å². The van der Waals surface area contributed by atoms with Gasteiger partial charge in [0.25, 0.3) is 0 Å². The number of nitrogens with two attached hydrogens (primary N) is 1. The van der Waals surface area contributed by atoms with E-state index in [4.69, 9.17) is 15.2 Å². The van der Waals surface area contributed by atoms with Gasteiger partial charge in [-0.25, -0.2) is 18.1 Å². The minimum absolute atomic E-state index is 0.0235. The molecule has 0 aliphatic carbocycles. The summed E-state index contributed by atoms with van der Waals surface area (Å²) >= 11 is 0. The molecule has 0 radical (unpaired) electrons. The highest BCUT2D eigenvalue weighted by atomic mass is 32.2. The van der Waals surface area contributed by atoms with Crippen molar-refractivity contribution in [2.75, 3.05) is 25.6 Å². The number of anilines is 1. The maximum absolute atomic E-state index is 12.0. The summed E-state index contributed by atoms with van der Waals surface area (Å²) in [5.41, 5.74) is 5.88. The third kappa shape index (κ3) is 2.71. The highest BCUT2D eigenvalue weighted by Crippen LogP contribution is 2.21. The second kappa shape index (κ2) is 5.09. The summed E-state index contributed by atoms with van der Waals surface area (Å²) in [6, 6.07) is 1.16. The standard InChI is InChI=1S/C10H15N3O4S/c1-2-17-10-9(11)3-8(4-12-10)18(14,15)13-7-5-16-6-7/h3-4,7,13H,2,5-6,11H2,1H3. The van der Waals surface area contributed by atoms with Gasteiger partial charge in [-0.2, -0.15) is 0 Å². The Bertz CT molecular complexity index is 528. The lowest BCUT2D eigenvalue weighted by Gasteiger charge is -2.26. The van der Waals surface area contributed by atoms with Crippen LogP contribution in [0.1, 0.15) is 6.92 Å². The third-order valence-corrected chi connectivity index (χ3v) is 3.89. The first kappa shape index (κ1) is 13.1. The fraction of sp³-hybridized carbons (Fsp3) is 0.500. The third-order valence-electron chi connectivity index (χ3n) is 2.41. The van der Waals surface area contributed by atoms with Gasteiger partial charge in [-0.05, 0) is 13.0 Å². The highest BCUT2D eigenvalue weighted by Gasteiger charge is 2.26. The van der Waals surface area contributed by atoms with Crippen LogP contribution in [-0.2, 0) is 14.8 Å². The van der Waals surface area contributed by atoms with Gasteiger partial charge in [-0.3, -0.25) is 0 Å². The predicted octanol–water partition coefficient (Wildman–Crippen LogP) is -0.260. The lowest BCUT2D eigenvalue weighted by Crippen LogP contribution is -2.48. The summed E-state index contributed by atoms with van der Waals surface area (Å²) in [5, 5.41) is 0. The molecule has 0 atom stereocenters. The van der Waals surface area contributed by atoms with Gasteiger partial charge in [0, 0.05) is 0 Å². The molecule has 1 saturated heterocycles. The number of aromatic nitrogens is 1. The Morgan fingerprint density at radius 1 is 1.61 bits per heavy atom. The van der Waals surface area contributed by atoms with Crippen molar-refractivity contribution in [2.45, 2.75) is 17.9 Å². The van der Waals surface area contributed by atoms with E-state index in [-0.39, 0.29) is 22.5 Å². The molecule has 0 bridgehead atoms. The van der Waals surface area contributed by atoms with E-state index in [2.05, 4.69) is 9.71 Å². The van der Waals surface area contributed by atoms with E-state index >= 15 is 0 Å². The van der Waals surface area contributed by atoms with Crippen molar-refractivity contribution in [1.29, 1.82) is 0 Å². The van der Waals surface area contributed by atoms with E-state index in [1.54, 1.807) is 6.92 Å². The zero-order chi connectivity index (χ0) is 13.2. The molecule has 2 rings (SSSR count). The lowest BCUT2D eigenvalue weighted by atomic mass is 10.3. The molecule has 0 amide bonds. The van der Waals surface area contributed by atoms with Crippen molar-refractivity contribution in [2.24, 2.45) is 0 Å². The van der Waals surface area contributed by atoms with Gasteiger partial charge in [0.15, 0.2) is 0 Å². The van der Waals surface area contributed by atoms with Crippen LogP contribution < -0.4 is 15.2 Å². The van der Waals surface area contributed by atoms with Gasteiger partial charge in [-0.1, -0.05) is 0 Å². The van der Waals surface area contributed by atoms with Crippen LogP contribution >= 0.6 is 0 Å². The Morgan fingerprint density at radius 3 is 2.83 bits per heavy atom. The summed E-state index contributed by atoms with van der Waals surface area (Å²) in [6.45, 7) is 2.99. The lowest BCUT2D eigenvalue weighted by molar-refractivity contribution is 0.00482. The zero-order valence-electron chi connectivity index (χ0n) is 9.92. The number of pyridine rings is 1. The van der Waals surface area contributed by atoms with Crippen LogP contribution in [-0.4, -0.2) is 39.3 Å². The van der Waals surface area contributed by atoms with Gasteiger partial charge in [-0.15, -0.1) is 0 Å². The molecule has 8 heteroatoms. The van der Waals surface area contributed by atoms with Crippen LogP contribution in [0.3, 0.4) is 0 Å². The number of nitrogen functional groups attached to an aromatic ring is 1. The maximum atomic E-state index is 12.0. The van der Waals surface area contributed by atoms with E-state index in [1.165, 1.54) is 12.3 Å². The van der Waals surface area contributed by atoms with Crippen molar-refractivity contribution in [3.05, 3.63) is 12.3 Å². The Kier molecular flexibility index (Phi) is 3.69. The SMILES string of the molecule is CCOc1ncc(S(=O)(=O)NC2COC2)cc1N. The molecule has 3 N–H and O–H groups in total. The fourth-order valence-electron chi connectivity index (χ4n) is 1.44. The predicted molar refractivity (Wildman–Crippen MR) is 64.7 cm³/mol. The van der Waals surface area contributed by atoms with E-state index in [9.17, 15) is 8.42 Å². The molecule has 100 valence electrons. The number of hydrogen-bond donors (Lipinski definition) is 2. The molecule has 1 aromatic heterocycles. The van der Waals surface area contributed by atoms with Crippen molar-refractivity contribution >= 4 is 15.7 Å². The van der Waals surface area contributed by atoms with Gasteiger partial charge in [0.1, 0.15) is 4.90 Å². The van der Waals surface area contributed by atoms with E-state index in [1.807, 2.05) is 0 Å². The van der Waals surface area contributed by atoms with E-state index in [0.29, 0.717) is 19.8 Å². The molecule has 1 fully saturated rings. The summed E-state index contributed by atoms with van der Waals surface area (Å²) in [7, 11) is -3.60. The van der Waals surface area contributed by atoms with Crippen LogP contribution in [0.15, 0.2) is 17.2 Å². The van der Waals surface area contributed by atoms with Gasteiger partial charge >= 0.3 is 0 Å². The summed E-state index contributed by atoms with van der Waals surface area (Å²) in [4.78, 5) is 3.91. The first-order valence-electron chi connectivity index (χ1n) is 5.51. The second-order valence-corrected chi connectivity index (χ2v) is 5.57. The van der Waals surface area contributed by atoms with E-state index in [0.717, 1.165) is 0 Å². The normalized spacial score (nSPS) is 16.3. The highest BCUT2D eigenvalue weighted by molar-refractivity contribution is 7.89. The molecule has 0 unspecified atom stereocenters. The fourth-order valence-corrected chi connectivity index (χ4v) is 2.63. The zero-order valence-corrected chi connectivity index (χ0v) is 10.7. The Morgan fingerprint density at radius 2 is 2.33 bits per heavy atom. The molecule has 2 heterocycles. The largest absolute Gasteiger partial charge is 0.477 e. The second-order valence-electron chi connectivity index (χ2n) is 3.85. The topological polar surface area (TPSA) is 104 Å². The number of ether oxygens (including phenoxy) is 2. The minimum atomic E-state index is -3.60. The Hall–Kier alpha value is -1.38. The average Bonchev–Trinajstić information content (AvgIpc) is 2.27. The van der Waals surface area contributed by atoms with E-state index < -0.39 is 10.0 Å². The summed E-state index contributed by atoms with van der Waals surface area (Å²) in [6.07, 6.45) is 1.23. The average molecular weight is 273 g/mol. The van der Waals surface area contributed by atoms with Crippen LogP contribution in [0.25, 0.3) is 0 Å². The van der Waals surface area contributed by atoms with Crippen LogP contribution in [0.4, 0.5) is 5.69 Å². The van der Waals surface area contributed by atoms with Crippen LogP contribution in [0.2, 0.25) is 0 Å². The number of hydrogen-bond acceptors (Lipinski definition) is 6. The molecule has 1 aromatic rings. The molecule has 0 aromatic carbocycles. The van der Waals surface area contributed by atoms with Crippen molar-refractivity contribution in [3.8, 4) is 5.88 Å². The first-order chi connectivity index (χ1) is 8.53.